The quantitative estimate of drug-likeness (QED) is 0.649. The van der Waals surface area contributed by atoms with E-state index in [2.05, 4.69) is 0 Å². The number of rotatable bonds is 1. The van der Waals surface area contributed by atoms with Crippen LogP contribution in [0.15, 0.2) is 35.3 Å². The number of hydrogen-bond acceptors (Lipinski definition) is 1. The van der Waals surface area contributed by atoms with Crippen molar-refractivity contribution in [3.8, 4) is 0 Å². The molecule has 1 unspecified atom stereocenters. The van der Waals surface area contributed by atoms with Gasteiger partial charge in [-0.3, -0.25) is 0 Å². The number of allylic oxidation sites excluding steroid dienone is 5. The van der Waals surface area contributed by atoms with E-state index in [0.29, 0.717) is 12.2 Å². The van der Waals surface area contributed by atoms with Crippen molar-refractivity contribution in [2.75, 3.05) is 0 Å². The van der Waals surface area contributed by atoms with E-state index in [9.17, 15) is 13.2 Å². The molecule has 0 amide bonds. The van der Waals surface area contributed by atoms with Crippen LogP contribution in [0.25, 0.3) is 0 Å². The first-order valence-electron chi connectivity index (χ1n) is 4.88. The van der Waals surface area contributed by atoms with Crippen LogP contribution in [0.1, 0.15) is 19.8 Å². The van der Waals surface area contributed by atoms with Crippen LogP contribution < -0.4 is 0 Å². The van der Waals surface area contributed by atoms with Crippen LogP contribution >= 0.6 is 0 Å². The molecule has 2 rings (SSSR count). The van der Waals surface area contributed by atoms with Crippen LogP contribution in [0, 0.1) is 5.92 Å². The molecule has 4 heteroatoms. The van der Waals surface area contributed by atoms with Gasteiger partial charge >= 0.3 is 6.18 Å². The molecule has 0 spiro atoms. The lowest BCUT2D eigenvalue weighted by molar-refractivity contribution is -0.0890. The average Bonchev–Trinajstić information content (AvgIpc) is 2.57. The van der Waals surface area contributed by atoms with E-state index in [1.807, 2.05) is 13.0 Å². The Labute approximate surface area is 85.9 Å². The summed E-state index contributed by atoms with van der Waals surface area (Å²) >= 11 is 0. The molecule has 1 heterocycles. The maximum absolute atomic E-state index is 12.4. The summed E-state index contributed by atoms with van der Waals surface area (Å²) in [5.41, 5.74) is -0.598. The van der Waals surface area contributed by atoms with Gasteiger partial charge in [0.2, 0.25) is 0 Å². The van der Waals surface area contributed by atoms with Crippen LogP contribution in [0.5, 0.6) is 0 Å². The van der Waals surface area contributed by atoms with Crippen molar-refractivity contribution >= 4 is 0 Å². The van der Waals surface area contributed by atoms with Gasteiger partial charge in [0.15, 0.2) is 0 Å². The number of alkyl halides is 3. The van der Waals surface area contributed by atoms with E-state index in [4.69, 9.17) is 4.74 Å². The third-order valence-electron chi connectivity index (χ3n) is 2.57. The molecule has 0 aromatic rings. The van der Waals surface area contributed by atoms with E-state index in [0.717, 1.165) is 18.3 Å². The van der Waals surface area contributed by atoms with Crippen molar-refractivity contribution in [1.82, 2.24) is 0 Å². The average molecular weight is 216 g/mol. The van der Waals surface area contributed by atoms with Gasteiger partial charge in [0.25, 0.3) is 0 Å². The molecule has 0 N–H and O–H groups in total. The van der Waals surface area contributed by atoms with Gasteiger partial charge in [-0.15, -0.1) is 0 Å². The highest BCUT2D eigenvalue weighted by atomic mass is 19.4. The maximum Gasteiger partial charge on any atom is 0.416 e. The zero-order valence-corrected chi connectivity index (χ0v) is 8.27. The fourth-order valence-corrected chi connectivity index (χ4v) is 1.74. The van der Waals surface area contributed by atoms with E-state index >= 15 is 0 Å². The highest BCUT2D eigenvalue weighted by Crippen LogP contribution is 2.39. The Kier molecular flexibility index (Phi) is 2.37. The number of ether oxygens (including phenoxy) is 1. The minimum absolute atomic E-state index is 0.00560. The molecular formula is C11H11F3O. The van der Waals surface area contributed by atoms with Crippen LogP contribution in [-0.2, 0) is 4.74 Å². The lowest BCUT2D eigenvalue weighted by atomic mass is 9.95. The van der Waals surface area contributed by atoms with Gasteiger partial charge in [-0.2, -0.15) is 13.2 Å². The van der Waals surface area contributed by atoms with Crippen molar-refractivity contribution in [1.29, 1.82) is 0 Å². The Balaban J connectivity index is 2.19. The summed E-state index contributed by atoms with van der Waals surface area (Å²) in [6, 6.07) is 0. The summed E-state index contributed by atoms with van der Waals surface area (Å²) in [7, 11) is 0. The normalized spacial score (nSPS) is 25.1. The summed E-state index contributed by atoms with van der Waals surface area (Å²) in [5.74, 6) is 1.20. The van der Waals surface area contributed by atoms with E-state index in [1.54, 1.807) is 0 Å². The fourth-order valence-electron chi connectivity index (χ4n) is 1.74. The molecule has 0 aromatic carbocycles. The Hall–Kier alpha value is -1.19. The molecule has 1 aliphatic carbocycles. The lowest BCUT2D eigenvalue weighted by Crippen LogP contribution is -2.14. The Bertz CT molecular complexity index is 361. The SMILES string of the molecule is CCC1=CC2CC=C(C(F)(F)F)C=C2O1. The molecule has 0 fully saturated rings. The largest absolute Gasteiger partial charge is 0.466 e. The zero-order chi connectivity index (χ0) is 11.1. The molecule has 0 aromatic heterocycles. The molecule has 82 valence electrons. The van der Waals surface area contributed by atoms with Crippen molar-refractivity contribution < 1.29 is 17.9 Å². The summed E-state index contributed by atoms with van der Waals surface area (Å²) in [4.78, 5) is 0. The summed E-state index contributed by atoms with van der Waals surface area (Å²) < 4.78 is 42.5. The monoisotopic (exact) mass is 216 g/mol. The highest BCUT2D eigenvalue weighted by Gasteiger charge is 2.36. The molecule has 0 radical (unpaired) electrons. The molecule has 0 saturated carbocycles. The fraction of sp³-hybridized carbons (Fsp3) is 0.455. The van der Waals surface area contributed by atoms with Crippen LogP contribution in [0.3, 0.4) is 0 Å². The molecule has 2 aliphatic rings. The minimum atomic E-state index is -4.27. The molecule has 15 heavy (non-hydrogen) atoms. The van der Waals surface area contributed by atoms with Gasteiger partial charge in [0, 0.05) is 12.3 Å². The standard InChI is InChI=1S/C11H11F3O/c1-2-9-5-7-3-4-8(11(12,13)14)6-10(7)15-9/h4-7H,2-3H2,1H3. The Morgan fingerprint density at radius 3 is 2.80 bits per heavy atom. The number of hydrogen-bond donors (Lipinski definition) is 0. The van der Waals surface area contributed by atoms with Crippen LogP contribution in [-0.4, -0.2) is 6.18 Å². The molecule has 1 aliphatic heterocycles. The Morgan fingerprint density at radius 1 is 1.47 bits per heavy atom. The predicted octanol–water partition coefficient (Wildman–Crippen LogP) is 3.70. The van der Waals surface area contributed by atoms with E-state index < -0.39 is 11.7 Å². The van der Waals surface area contributed by atoms with Gasteiger partial charge in [-0.25, -0.2) is 0 Å². The molecule has 0 bridgehead atoms. The van der Waals surface area contributed by atoms with E-state index in [-0.39, 0.29) is 5.92 Å². The first-order valence-corrected chi connectivity index (χ1v) is 4.88. The van der Waals surface area contributed by atoms with Crippen molar-refractivity contribution in [3.63, 3.8) is 0 Å². The van der Waals surface area contributed by atoms with Gasteiger partial charge in [-0.1, -0.05) is 13.0 Å². The lowest BCUT2D eigenvalue weighted by Gasteiger charge is -2.17. The second-order valence-corrected chi connectivity index (χ2v) is 3.63. The second kappa shape index (κ2) is 3.43. The van der Waals surface area contributed by atoms with Gasteiger partial charge < -0.3 is 4.74 Å². The van der Waals surface area contributed by atoms with Crippen molar-refractivity contribution in [2.45, 2.75) is 25.9 Å². The van der Waals surface area contributed by atoms with E-state index in [1.165, 1.54) is 6.08 Å². The first-order chi connectivity index (χ1) is 7.00. The van der Waals surface area contributed by atoms with Crippen LogP contribution in [0.2, 0.25) is 0 Å². The summed E-state index contributed by atoms with van der Waals surface area (Å²) in [6.45, 7) is 1.92. The van der Waals surface area contributed by atoms with Crippen molar-refractivity contribution in [2.24, 2.45) is 5.92 Å². The van der Waals surface area contributed by atoms with Crippen LogP contribution in [0.4, 0.5) is 13.2 Å². The molecule has 1 atom stereocenters. The number of fused-ring (bicyclic) bond motifs is 1. The smallest absolute Gasteiger partial charge is 0.416 e. The number of halogens is 3. The topological polar surface area (TPSA) is 9.23 Å². The summed E-state index contributed by atoms with van der Waals surface area (Å²) in [5, 5.41) is 0. The highest BCUT2D eigenvalue weighted by molar-refractivity contribution is 5.35. The predicted molar refractivity (Wildman–Crippen MR) is 49.8 cm³/mol. The zero-order valence-electron chi connectivity index (χ0n) is 8.27. The van der Waals surface area contributed by atoms with Gasteiger partial charge in [0.1, 0.15) is 11.5 Å². The van der Waals surface area contributed by atoms with Crippen molar-refractivity contribution in [3.05, 3.63) is 35.3 Å². The van der Waals surface area contributed by atoms with Gasteiger partial charge in [-0.05, 0) is 18.6 Å². The first kappa shape index (κ1) is 10.3. The third kappa shape index (κ3) is 1.94. The minimum Gasteiger partial charge on any atom is -0.466 e. The molecular weight excluding hydrogens is 205 g/mol. The molecule has 1 nitrogen and oxygen atoms in total. The molecule has 0 saturated heterocycles. The summed E-state index contributed by atoms with van der Waals surface area (Å²) in [6.07, 6.45) is 1.06. The Morgan fingerprint density at radius 2 is 2.20 bits per heavy atom. The van der Waals surface area contributed by atoms with Gasteiger partial charge in [0.05, 0.1) is 5.57 Å². The third-order valence-corrected chi connectivity index (χ3v) is 2.57. The maximum atomic E-state index is 12.4. The second-order valence-electron chi connectivity index (χ2n) is 3.63.